The Labute approximate surface area is 154 Å². The number of hydrogen-bond donors (Lipinski definition) is 1. The molecule has 1 N–H and O–H groups in total. The van der Waals surface area contributed by atoms with Crippen LogP contribution in [0.15, 0.2) is 35.2 Å². The molecule has 116 valence electrons. The number of aromatic nitrogens is 1. The van der Waals surface area contributed by atoms with E-state index in [1.165, 1.54) is 32.4 Å². The Balaban J connectivity index is 1.64. The monoisotopic (exact) mass is 398 g/mol. The molecule has 23 heavy (non-hydrogen) atoms. The van der Waals surface area contributed by atoms with Gasteiger partial charge in [-0.2, -0.15) is 0 Å². The summed E-state index contributed by atoms with van der Waals surface area (Å²) < 4.78 is 0.874. The number of halogens is 2. The third kappa shape index (κ3) is 2.90. The molecule has 0 aliphatic carbocycles. The number of anilines is 1. The second-order valence-electron chi connectivity index (χ2n) is 4.77. The first-order valence-electron chi connectivity index (χ1n) is 6.60. The number of fused-ring (bicyclic) bond motifs is 3. The number of nitrogens with one attached hydrogen (secondary N) is 1. The zero-order valence-electron chi connectivity index (χ0n) is 11.4. The second kappa shape index (κ2) is 6.11. The van der Waals surface area contributed by atoms with E-state index >= 15 is 0 Å². The van der Waals surface area contributed by atoms with Crippen LogP contribution in [0.3, 0.4) is 0 Å². The van der Waals surface area contributed by atoms with Crippen molar-refractivity contribution in [3.8, 4) is 11.3 Å². The highest BCUT2D eigenvalue weighted by molar-refractivity contribution is 7.98. The number of hydrogen-bond acceptors (Lipinski definition) is 5. The van der Waals surface area contributed by atoms with Gasteiger partial charge in [-0.15, -0.1) is 34.4 Å². The maximum absolute atomic E-state index is 12.3. The average molecular weight is 399 g/mol. The highest BCUT2D eigenvalue weighted by Gasteiger charge is 2.22. The minimum Gasteiger partial charge on any atom is -0.298 e. The molecule has 8 heteroatoms. The maximum atomic E-state index is 12.3. The molecule has 0 fully saturated rings. The van der Waals surface area contributed by atoms with Crippen LogP contribution < -0.4 is 5.32 Å². The molecular formula is C15H8Cl2N2OS3. The lowest BCUT2D eigenvalue weighted by molar-refractivity contribution is 0.102. The smallest absolute Gasteiger partial charge is 0.259 e. The standard InChI is InChI=1S/C15H8Cl2N2OS3/c16-11-5-8(13(17)23-11)14(20)19-15-18-12-7-3-1-2-4-9(7)21-6-10(12)22-15/h1-5H,6H2,(H,18,19,20). The first-order valence-corrected chi connectivity index (χ1v) is 9.97. The molecule has 0 saturated heterocycles. The molecule has 1 aliphatic heterocycles. The van der Waals surface area contributed by atoms with Crippen LogP contribution >= 0.6 is 57.6 Å². The minimum atomic E-state index is -0.287. The molecule has 0 spiro atoms. The van der Waals surface area contributed by atoms with Crippen molar-refractivity contribution in [3.63, 3.8) is 0 Å². The zero-order valence-corrected chi connectivity index (χ0v) is 15.4. The van der Waals surface area contributed by atoms with E-state index in [1.54, 1.807) is 17.8 Å². The summed E-state index contributed by atoms with van der Waals surface area (Å²) in [7, 11) is 0. The Morgan fingerprint density at radius 2 is 2.04 bits per heavy atom. The van der Waals surface area contributed by atoms with E-state index in [-0.39, 0.29) is 5.91 Å². The number of thiazole rings is 1. The van der Waals surface area contributed by atoms with Crippen LogP contribution in [0.2, 0.25) is 8.67 Å². The fraction of sp³-hybridized carbons (Fsp3) is 0.0667. The summed E-state index contributed by atoms with van der Waals surface area (Å²) in [6.07, 6.45) is 0. The number of benzene rings is 1. The molecule has 1 aliphatic rings. The fourth-order valence-corrected chi connectivity index (χ4v) is 5.86. The Bertz CT molecular complexity index is 919. The summed E-state index contributed by atoms with van der Waals surface area (Å²) in [6.45, 7) is 0. The van der Waals surface area contributed by atoms with Gasteiger partial charge >= 0.3 is 0 Å². The van der Waals surface area contributed by atoms with Crippen molar-refractivity contribution in [2.24, 2.45) is 0 Å². The van der Waals surface area contributed by atoms with Crippen molar-refractivity contribution in [3.05, 3.63) is 49.4 Å². The highest BCUT2D eigenvalue weighted by Crippen LogP contribution is 2.44. The van der Waals surface area contributed by atoms with Gasteiger partial charge in [0.1, 0.15) is 4.34 Å². The van der Waals surface area contributed by atoms with Gasteiger partial charge in [-0.3, -0.25) is 10.1 Å². The number of thioether (sulfide) groups is 1. The number of carbonyl (C=O) groups excluding carboxylic acids is 1. The maximum Gasteiger partial charge on any atom is 0.259 e. The van der Waals surface area contributed by atoms with Gasteiger partial charge in [-0.05, 0) is 12.1 Å². The molecule has 3 heterocycles. The third-order valence-corrected chi connectivity index (χ3v) is 7.06. The first kappa shape index (κ1) is 15.5. The number of carbonyl (C=O) groups is 1. The van der Waals surface area contributed by atoms with E-state index in [0.717, 1.165) is 17.0 Å². The normalized spacial score (nSPS) is 12.6. The Morgan fingerprint density at radius 3 is 2.83 bits per heavy atom. The molecule has 3 nitrogen and oxygen atoms in total. The quantitative estimate of drug-likeness (QED) is 0.572. The van der Waals surface area contributed by atoms with E-state index in [0.29, 0.717) is 19.4 Å². The van der Waals surface area contributed by atoms with E-state index in [9.17, 15) is 4.79 Å². The topological polar surface area (TPSA) is 42.0 Å². The predicted octanol–water partition coefficient (Wildman–Crippen LogP) is 6.04. The van der Waals surface area contributed by atoms with E-state index in [2.05, 4.69) is 22.4 Å². The summed E-state index contributed by atoms with van der Waals surface area (Å²) in [4.78, 5) is 19.3. The van der Waals surface area contributed by atoms with Crippen LogP contribution in [0.1, 0.15) is 15.2 Å². The highest BCUT2D eigenvalue weighted by atomic mass is 35.5. The van der Waals surface area contributed by atoms with E-state index in [1.807, 2.05) is 12.1 Å². The van der Waals surface area contributed by atoms with Crippen LogP contribution in [0.5, 0.6) is 0 Å². The van der Waals surface area contributed by atoms with Gasteiger partial charge in [-0.1, -0.05) is 41.4 Å². The number of nitrogens with zero attached hydrogens (tertiary/aromatic N) is 1. The predicted molar refractivity (Wildman–Crippen MR) is 99.4 cm³/mol. The molecule has 0 radical (unpaired) electrons. The van der Waals surface area contributed by atoms with Crippen LogP contribution in [0, 0.1) is 0 Å². The van der Waals surface area contributed by atoms with E-state index < -0.39 is 0 Å². The average Bonchev–Trinajstić information content (AvgIpc) is 3.09. The summed E-state index contributed by atoms with van der Waals surface area (Å²) in [5.74, 6) is 0.579. The zero-order chi connectivity index (χ0) is 16.0. The molecule has 0 unspecified atom stereocenters. The van der Waals surface area contributed by atoms with Gasteiger partial charge in [0, 0.05) is 21.1 Å². The van der Waals surface area contributed by atoms with Crippen LogP contribution in [0.25, 0.3) is 11.3 Å². The molecule has 3 aromatic rings. The summed E-state index contributed by atoms with van der Waals surface area (Å²) >= 11 is 16.4. The van der Waals surface area contributed by atoms with Crippen molar-refractivity contribution in [2.45, 2.75) is 10.6 Å². The fourth-order valence-electron chi connectivity index (χ4n) is 2.30. The van der Waals surface area contributed by atoms with Crippen LogP contribution in [0.4, 0.5) is 5.13 Å². The largest absolute Gasteiger partial charge is 0.298 e. The Morgan fingerprint density at radius 1 is 1.22 bits per heavy atom. The first-order chi connectivity index (χ1) is 11.1. The minimum absolute atomic E-state index is 0.287. The lowest BCUT2D eigenvalue weighted by Crippen LogP contribution is -2.11. The van der Waals surface area contributed by atoms with Gasteiger partial charge in [0.15, 0.2) is 5.13 Å². The third-order valence-electron chi connectivity index (χ3n) is 3.32. The van der Waals surface area contributed by atoms with Crippen LogP contribution in [-0.2, 0) is 5.75 Å². The molecule has 1 amide bonds. The van der Waals surface area contributed by atoms with Crippen molar-refractivity contribution in [1.29, 1.82) is 0 Å². The SMILES string of the molecule is O=C(Nc1nc2c(s1)CSc1ccccc1-2)c1cc(Cl)sc1Cl. The van der Waals surface area contributed by atoms with Gasteiger partial charge in [0.05, 0.1) is 15.6 Å². The lowest BCUT2D eigenvalue weighted by Gasteiger charge is -2.13. The van der Waals surface area contributed by atoms with Crippen molar-refractivity contribution < 1.29 is 4.79 Å². The van der Waals surface area contributed by atoms with Crippen LogP contribution in [-0.4, -0.2) is 10.9 Å². The molecule has 0 saturated carbocycles. The van der Waals surface area contributed by atoms with Gasteiger partial charge in [0.2, 0.25) is 0 Å². The number of thiophene rings is 1. The molecule has 2 aromatic heterocycles. The molecular weight excluding hydrogens is 391 g/mol. The van der Waals surface area contributed by atoms with Crippen molar-refractivity contribution >= 4 is 68.7 Å². The van der Waals surface area contributed by atoms with Gasteiger partial charge < -0.3 is 0 Å². The molecule has 0 atom stereocenters. The molecule has 0 bridgehead atoms. The Kier molecular flexibility index (Phi) is 4.11. The van der Waals surface area contributed by atoms with Gasteiger partial charge in [-0.25, -0.2) is 4.98 Å². The molecule has 1 aromatic carbocycles. The van der Waals surface area contributed by atoms with E-state index in [4.69, 9.17) is 23.2 Å². The molecule has 4 rings (SSSR count). The van der Waals surface area contributed by atoms with Crippen molar-refractivity contribution in [2.75, 3.05) is 5.32 Å². The second-order valence-corrected chi connectivity index (χ2v) is 9.15. The lowest BCUT2D eigenvalue weighted by atomic mass is 10.1. The summed E-state index contributed by atoms with van der Waals surface area (Å²) in [5, 5.41) is 3.40. The Hall–Kier alpha value is -1.05. The number of amides is 1. The van der Waals surface area contributed by atoms with Crippen molar-refractivity contribution in [1.82, 2.24) is 4.98 Å². The summed E-state index contributed by atoms with van der Waals surface area (Å²) in [6, 6.07) is 9.74. The van der Waals surface area contributed by atoms with Gasteiger partial charge in [0.25, 0.3) is 5.91 Å². The summed E-state index contributed by atoms with van der Waals surface area (Å²) in [5.41, 5.74) is 2.45. The number of rotatable bonds is 2.